The van der Waals surface area contributed by atoms with Crippen molar-refractivity contribution < 1.29 is 0 Å². The molecule has 0 aromatic rings. The normalized spacial score (nSPS) is 29.8. The average molecular weight is 241 g/mol. The fraction of sp³-hybridized carbons (Fsp3) is 1.00. The molecule has 4 atom stereocenters. The van der Waals surface area contributed by atoms with Crippen LogP contribution in [0.25, 0.3) is 0 Å². The van der Waals surface area contributed by atoms with Crippen molar-refractivity contribution >= 4 is 0 Å². The van der Waals surface area contributed by atoms with Crippen LogP contribution in [-0.2, 0) is 0 Å². The van der Waals surface area contributed by atoms with Gasteiger partial charge in [0.1, 0.15) is 0 Å². The van der Waals surface area contributed by atoms with E-state index in [1.54, 1.807) is 0 Å². The van der Waals surface area contributed by atoms with E-state index >= 15 is 0 Å². The smallest absolute Gasteiger partial charge is 0.0254 e. The zero-order valence-corrected chi connectivity index (χ0v) is 12.5. The summed E-state index contributed by atoms with van der Waals surface area (Å²) in [6.07, 6.45) is 1.25. The molecule has 0 amide bonds. The largest absolute Gasteiger partial charge is 0.314 e. The first kappa shape index (κ1) is 14.9. The summed E-state index contributed by atoms with van der Waals surface area (Å²) >= 11 is 0. The minimum atomic E-state index is 0.628. The lowest BCUT2D eigenvalue weighted by Crippen LogP contribution is -2.39. The molecule has 0 saturated carbocycles. The molecule has 1 rings (SSSR count). The van der Waals surface area contributed by atoms with E-state index < -0.39 is 0 Å². The molecule has 0 bridgehead atoms. The molecule has 1 heterocycles. The van der Waals surface area contributed by atoms with Crippen molar-refractivity contribution in [2.75, 3.05) is 33.7 Å². The number of rotatable bonds is 6. The molecule has 1 N–H and O–H groups in total. The zero-order valence-electron chi connectivity index (χ0n) is 12.5. The van der Waals surface area contributed by atoms with Gasteiger partial charge in [-0.3, -0.25) is 4.90 Å². The van der Waals surface area contributed by atoms with Crippen LogP contribution >= 0.6 is 0 Å². The highest BCUT2D eigenvalue weighted by Crippen LogP contribution is 2.23. The van der Waals surface area contributed by atoms with Crippen molar-refractivity contribution in [3.05, 3.63) is 0 Å². The lowest BCUT2D eigenvalue weighted by Gasteiger charge is -2.28. The van der Waals surface area contributed by atoms with E-state index in [9.17, 15) is 0 Å². The van der Waals surface area contributed by atoms with Crippen molar-refractivity contribution in [2.24, 2.45) is 5.92 Å². The topological polar surface area (TPSA) is 18.5 Å². The minimum Gasteiger partial charge on any atom is -0.314 e. The quantitative estimate of drug-likeness (QED) is 0.763. The molecule has 1 fully saturated rings. The maximum absolute atomic E-state index is 3.51. The Morgan fingerprint density at radius 3 is 2.41 bits per heavy atom. The van der Waals surface area contributed by atoms with Gasteiger partial charge in [-0.15, -0.1) is 0 Å². The van der Waals surface area contributed by atoms with Crippen molar-refractivity contribution in [1.82, 2.24) is 15.1 Å². The number of hydrogen-bond acceptors (Lipinski definition) is 3. The molecule has 0 aliphatic carbocycles. The van der Waals surface area contributed by atoms with Crippen LogP contribution in [0.4, 0.5) is 0 Å². The van der Waals surface area contributed by atoms with Crippen LogP contribution in [0.2, 0.25) is 0 Å². The Morgan fingerprint density at radius 2 is 1.94 bits per heavy atom. The van der Waals surface area contributed by atoms with E-state index in [1.807, 2.05) is 0 Å². The molecule has 0 radical (unpaired) electrons. The minimum absolute atomic E-state index is 0.628. The molecular formula is C14H31N3. The number of nitrogens with one attached hydrogen (secondary N) is 1. The van der Waals surface area contributed by atoms with Crippen molar-refractivity contribution in [1.29, 1.82) is 0 Å². The summed E-state index contributed by atoms with van der Waals surface area (Å²) in [5.41, 5.74) is 0. The van der Waals surface area contributed by atoms with E-state index in [2.05, 4.69) is 56.9 Å². The molecule has 1 saturated heterocycles. The first-order valence-electron chi connectivity index (χ1n) is 7.09. The standard InChI is InChI=1S/C14H31N3/c1-7-15-12(3)8-13(4)17-9-11(2)14(10-17)16(5)6/h11-15H,7-10H2,1-6H3. The van der Waals surface area contributed by atoms with Crippen LogP contribution in [0.1, 0.15) is 34.1 Å². The molecule has 102 valence electrons. The Kier molecular flexibility index (Phi) is 5.90. The fourth-order valence-corrected chi connectivity index (χ4v) is 3.11. The van der Waals surface area contributed by atoms with Crippen LogP contribution in [0.3, 0.4) is 0 Å². The maximum atomic E-state index is 3.51. The van der Waals surface area contributed by atoms with Gasteiger partial charge in [-0.05, 0) is 46.8 Å². The number of hydrogen-bond donors (Lipinski definition) is 1. The SMILES string of the molecule is CCNC(C)CC(C)N1CC(C)C(N(C)C)C1. The molecule has 0 spiro atoms. The molecule has 0 aromatic carbocycles. The van der Waals surface area contributed by atoms with Gasteiger partial charge in [-0.1, -0.05) is 13.8 Å². The molecule has 3 nitrogen and oxygen atoms in total. The highest BCUT2D eigenvalue weighted by molar-refractivity contribution is 4.89. The number of nitrogens with zero attached hydrogens (tertiary/aromatic N) is 2. The third-order valence-corrected chi connectivity index (χ3v) is 4.13. The van der Waals surface area contributed by atoms with Gasteiger partial charge in [0, 0.05) is 31.2 Å². The van der Waals surface area contributed by atoms with E-state index in [0.717, 1.165) is 18.5 Å². The Labute approximate surface area is 108 Å². The third kappa shape index (κ3) is 4.23. The lowest BCUT2D eigenvalue weighted by atomic mass is 10.1. The van der Waals surface area contributed by atoms with E-state index in [1.165, 1.54) is 19.5 Å². The summed E-state index contributed by atoms with van der Waals surface area (Å²) in [4.78, 5) is 5.04. The Bertz CT molecular complexity index is 218. The first-order valence-corrected chi connectivity index (χ1v) is 7.09. The molecule has 1 aliphatic heterocycles. The molecular weight excluding hydrogens is 210 g/mol. The predicted molar refractivity (Wildman–Crippen MR) is 75.4 cm³/mol. The summed E-state index contributed by atoms with van der Waals surface area (Å²) in [6, 6.07) is 2.05. The maximum Gasteiger partial charge on any atom is 0.0254 e. The third-order valence-electron chi connectivity index (χ3n) is 4.13. The summed E-state index contributed by atoms with van der Waals surface area (Å²) in [5.74, 6) is 0.793. The molecule has 4 unspecified atom stereocenters. The molecule has 17 heavy (non-hydrogen) atoms. The van der Waals surface area contributed by atoms with Gasteiger partial charge in [0.05, 0.1) is 0 Å². The second kappa shape index (κ2) is 6.72. The van der Waals surface area contributed by atoms with Crippen LogP contribution in [-0.4, -0.2) is 61.7 Å². The predicted octanol–water partition coefficient (Wildman–Crippen LogP) is 1.64. The molecule has 0 aromatic heterocycles. The van der Waals surface area contributed by atoms with Gasteiger partial charge in [0.15, 0.2) is 0 Å². The Morgan fingerprint density at radius 1 is 1.29 bits per heavy atom. The monoisotopic (exact) mass is 241 g/mol. The number of likely N-dealkylation sites (tertiary alicyclic amines) is 1. The molecule has 1 aliphatic rings. The summed E-state index contributed by atoms with van der Waals surface area (Å²) in [6.45, 7) is 12.8. The van der Waals surface area contributed by atoms with Gasteiger partial charge < -0.3 is 10.2 Å². The highest BCUT2D eigenvalue weighted by Gasteiger charge is 2.33. The van der Waals surface area contributed by atoms with E-state index in [-0.39, 0.29) is 0 Å². The van der Waals surface area contributed by atoms with Crippen molar-refractivity contribution in [2.45, 2.75) is 52.2 Å². The van der Waals surface area contributed by atoms with Gasteiger partial charge in [-0.25, -0.2) is 0 Å². The van der Waals surface area contributed by atoms with Crippen LogP contribution in [0, 0.1) is 5.92 Å². The fourth-order valence-electron chi connectivity index (χ4n) is 3.11. The number of likely N-dealkylation sites (N-methyl/N-ethyl adjacent to an activating group) is 1. The Hall–Kier alpha value is -0.120. The van der Waals surface area contributed by atoms with Crippen LogP contribution < -0.4 is 5.32 Å². The van der Waals surface area contributed by atoms with Crippen LogP contribution in [0.15, 0.2) is 0 Å². The van der Waals surface area contributed by atoms with Gasteiger partial charge >= 0.3 is 0 Å². The molecule has 3 heteroatoms. The van der Waals surface area contributed by atoms with E-state index in [0.29, 0.717) is 12.1 Å². The highest BCUT2D eigenvalue weighted by atomic mass is 15.3. The summed E-state index contributed by atoms with van der Waals surface area (Å²) < 4.78 is 0. The van der Waals surface area contributed by atoms with Crippen molar-refractivity contribution in [3.63, 3.8) is 0 Å². The summed E-state index contributed by atoms with van der Waals surface area (Å²) in [7, 11) is 4.41. The second-order valence-electron chi connectivity index (χ2n) is 6.01. The average Bonchev–Trinajstić information content (AvgIpc) is 2.60. The lowest BCUT2D eigenvalue weighted by molar-refractivity contribution is 0.207. The van der Waals surface area contributed by atoms with Crippen molar-refractivity contribution in [3.8, 4) is 0 Å². The zero-order chi connectivity index (χ0) is 13.0. The summed E-state index contributed by atoms with van der Waals surface area (Å²) in [5, 5.41) is 3.51. The van der Waals surface area contributed by atoms with Gasteiger partial charge in [0.2, 0.25) is 0 Å². The van der Waals surface area contributed by atoms with Gasteiger partial charge in [-0.2, -0.15) is 0 Å². The van der Waals surface area contributed by atoms with E-state index in [4.69, 9.17) is 0 Å². The second-order valence-corrected chi connectivity index (χ2v) is 6.01. The van der Waals surface area contributed by atoms with Crippen LogP contribution in [0.5, 0.6) is 0 Å². The Balaban J connectivity index is 2.41. The first-order chi connectivity index (χ1) is 7.95. The van der Waals surface area contributed by atoms with Gasteiger partial charge in [0.25, 0.3) is 0 Å².